The fourth-order valence-electron chi connectivity index (χ4n) is 1.71. The number of nitrogens with one attached hydrogen (secondary N) is 1. The van der Waals surface area contributed by atoms with Gasteiger partial charge < -0.3 is 0 Å². The second kappa shape index (κ2) is 3.81. The van der Waals surface area contributed by atoms with Crippen LogP contribution in [0.15, 0.2) is 0 Å². The van der Waals surface area contributed by atoms with Crippen molar-refractivity contribution in [2.45, 2.75) is 25.8 Å². The summed E-state index contributed by atoms with van der Waals surface area (Å²) < 4.78 is 24.9. The third-order valence-electron chi connectivity index (χ3n) is 2.87. The van der Waals surface area contributed by atoms with Crippen LogP contribution >= 0.6 is 0 Å². The molecule has 6 nitrogen and oxygen atoms in total. The molecule has 1 saturated heterocycles. The van der Waals surface area contributed by atoms with E-state index in [-0.39, 0.29) is 18.2 Å². The van der Waals surface area contributed by atoms with Gasteiger partial charge in [-0.3, -0.25) is 14.9 Å². The van der Waals surface area contributed by atoms with Crippen LogP contribution in [0.2, 0.25) is 0 Å². The molecular weight excluding hydrogens is 232 g/mol. The number of piperazine rings is 1. The fraction of sp³-hybridized carbons (Fsp3) is 0.778. The first-order chi connectivity index (χ1) is 7.40. The number of nitrogens with zero attached hydrogens (tertiary/aromatic N) is 1. The number of sulfonamides is 1. The van der Waals surface area contributed by atoms with E-state index < -0.39 is 27.9 Å². The molecule has 0 bridgehead atoms. The van der Waals surface area contributed by atoms with E-state index in [1.54, 1.807) is 0 Å². The number of carbonyl (C=O) groups excluding carboxylic acids is 2. The molecule has 2 amide bonds. The van der Waals surface area contributed by atoms with E-state index in [1.165, 1.54) is 6.92 Å². The van der Waals surface area contributed by atoms with Gasteiger partial charge in [-0.1, -0.05) is 0 Å². The number of rotatable bonds is 3. The first-order valence-corrected chi connectivity index (χ1v) is 6.84. The Morgan fingerprint density at radius 3 is 2.56 bits per heavy atom. The monoisotopic (exact) mass is 246 g/mol. The lowest BCUT2D eigenvalue weighted by molar-refractivity contribution is -0.136. The van der Waals surface area contributed by atoms with Crippen molar-refractivity contribution in [1.82, 2.24) is 9.62 Å². The zero-order chi connectivity index (χ0) is 11.9. The molecule has 0 aromatic carbocycles. The van der Waals surface area contributed by atoms with Crippen LogP contribution in [0.5, 0.6) is 0 Å². The van der Waals surface area contributed by atoms with Crippen LogP contribution in [0.3, 0.4) is 0 Å². The van der Waals surface area contributed by atoms with Crippen LogP contribution in [0, 0.1) is 5.92 Å². The van der Waals surface area contributed by atoms with Crippen LogP contribution in [-0.2, 0) is 19.6 Å². The van der Waals surface area contributed by atoms with Crippen molar-refractivity contribution in [3.05, 3.63) is 0 Å². The highest BCUT2D eigenvalue weighted by Crippen LogP contribution is 2.31. The third kappa shape index (κ3) is 2.25. The summed E-state index contributed by atoms with van der Waals surface area (Å²) >= 11 is 0. The number of hydrogen-bond acceptors (Lipinski definition) is 4. The number of imide groups is 1. The van der Waals surface area contributed by atoms with Gasteiger partial charge in [-0.2, -0.15) is 4.31 Å². The maximum Gasteiger partial charge on any atom is 0.244 e. The average molecular weight is 246 g/mol. The molecule has 16 heavy (non-hydrogen) atoms. The minimum absolute atomic E-state index is 0.0535. The maximum atomic E-state index is 11.9. The van der Waals surface area contributed by atoms with Gasteiger partial charge in [-0.05, 0) is 25.7 Å². The van der Waals surface area contributed by atoms with Crippen LogP contribution in [0.25, 0.3) is 0 Å². The molecule has 1 heterocycles. The molecule has 90 valence electrons. The van der Waals surface area contributed by atoms with Crippen LogP contribution in [0.4, 0.5) is 0 Å². The molecule has 1 N–H and O–H groups in total. The second-order valence-electron chi connectivity index (χ2n) is 4.36. The summed E-state index contributed by atoms with van der Waals surface area (Å²) in [6.07, 6.45) is 1.84. The molecule has 0 aromatic rings. The summed E-state index contributed by atoms with van der Waals surface area (Å²) in [5, 5.41) is 2.12. The number of carbonyl (C=O) groups is 2. The average Bonchev–Trinajstić information content (AvgIpc) is 2.94. The van der Waals surface area contributed by atoms with Gasteiger partial charge >= 0.3 is 0 Å². The molecule has 2 aliphatic rings. The zero-order valence-corrected chi connectivity index (χ0v) is 9.79. The van der Waals surface area contributed by atoms with E-state index in [1.807, 2.05) is 0 Å². The first-order valence-electron chi connectivity index (χ1n) is 5.23. The van der Waals surface area contributed by atoms with Gasteiger partial charge in [0.25, 0.3) is 0 Å². The summed E-state index contributed by atoms with van der Waals surface area (Å²) in [4.78, 5) is 22.5. The molecule has 2 fully saturated rings. The number of amides is 2. The van der Waals surface area contributed by atoms with Crippen molar-refractivity contribution >= 4 is 21.8 Å². The van der Waals surface area contributed by atoms with E-state index >= 15 is 0 Å². The van der Waals surface area contributed by atoms with Crippen molar-refractivity contribution < 1.29 is 18.0 Å². The topological polar surface area (TPSA) is 83.6 Å². The molecule has 1 atom stereocenters. The molecule has 0 spiro atoms. The standard InChI is InChI=1S/C9H14N2O4S/c1-6-9(13)10-8(12)4-11(6)16(14,15)5-7-2-3-7/h6-7H,2-5H2,1H3,(H,10,12,13). The fourth-order valence-corrected chi connectivity index (χ4v) is 3.72. The highest BCUT2D eigenvalue weighted by molar-refractivity contribution is 7.89. The summed E-state index contributed by atoms with van der Waals surface area (Å²) in [6.45, 7) is 1.24. The molecule has 1 unspecified atom stereocenters. The molecule has 2 rings (SSSR count). The highest BCUT2D eigenvalue weighted by Gasteiger charge is 2.40. The third-order valence-corrected chi connectivity index (χ3v) is 4.93. The van der Waals surface area contributed by atoms with Gasteiger partial charge in [0.05, 0.1) is 12.3 Å². The Labute approximate surface area is 94.0 Å². The van der Waals surface area contributed by atoms with Crippen molar-refractivity contribution in [2.75, 3.05) is 12.3 Å². The Balaban J connectivity index is 2.16. The first kappa shape index (κ1) is 11.5. The summed E-state index contributed by atoms with van der Waals surface area (Å²) in [5.74, 6) is -0.840. The SMILES string of the molecule is CC1C(=O)NC(=O)CN1S(=O)(=O)CC1CC1. The minimum Gasteiger partial charge on any atom is -0.294 e. The molecular formula is C9H14N2O4S. The van der Waals surface area contributed by atoms with Gasteiger partial charge in [-0.25, -0.2) is 8.42 Å². The molecule has 0 aromatic heterocycles. The van der Waals surface area contributed by atoms with E-state index in [9.17, 15) is 18.0 Å². The van der Waals surface area contributed by atoms with Gasteiger partial charge in [0, 0.05) is 0 Å². The largest absolute Gasteiger partial charge is 0.294 e. The van der Waals surface area contributed by atoms with E-state index in [0.717, 1.165) is 17.1 Å². The van der Waals surface area contributed by atoms with Gasteiger partial charge in [0.1, 0.15) is 6.04 Å². The Morgan fingerprint density at radius 2 is 2.00 bits per heavy atom. The lowest BCUT2D eigenvalue weighted by Crippen LogP contribution is -2.58. The van der Waals surface area contributed by atoms with Crippen LogP contribution in [0.1, 0.15) is 19.8 Å². The predicted octanol–water partition coefficient (Wildman–Crippen LogP) is -0.927. The molecule has 7 heteroatoms. The molecule has 1 aliphatic carbocycles. The molecule has 0 radical (unpaired) electrons. The quantitative estimate of drug-likeness (QED) is 0.652. The lowest BCUT2D eigenvalue weighted by atomic mass is 10.2. The Hall–Kier alpha value is -0.950. The Bertz CT molecular complexity index is 427. The van der Waals surface area contributed by atoms with Crippen molar-refractivity contribution in [3.63, 3.8) is 0 Å². The molecule has 1 aliphatic heterocycles. The Kier molecular flexibility index (Phi) is 2.75. The second-order valence-corrected chi connectivity index (χ2v) is 6.32. The normalized spacial score (nSPS) is 27.9. The summed E-state index contributed by atoms with van der Waals surface area (Å²) in [6, 6.07) is -0.790. The van der Waals surface area contributed by atoms with Crippen molar-refractivity contribution in [2.24, 2.45) is 5.92 Å². The van der Waals surface area contributed by atoms with Gasteiger partial charge in [0.15, 0.2) is 0 Å². The smallest absolute Gasteiger partial charge is 0.244 e. The highest BCUT2D eigenvalue weighted by atomic mass is 32.2. The van der Waals surface area contributed by atoms with E-state index in [0.29, 0.717) is 0 Å². The molecule has 1 saturated carbocycles. The van der Waals surface area contributed by atoms with Gasteiger partial charge in [-0.15, -0.1) is 0 Å². The minimum atomic E-state index is -3.48. The maximum absolute atomic E-state index is 11.9. The van der Waals surface area contributed by atoms with E-state index in [4.69, 9.17) is 0 Å². The van der Waals surface area contributed by atoms with Crippen LogP contribution in [-0.4, -0.2) is 42.9 Å². The summed E-state index contributed by atoms with van der Waals surface area (Å²) in [7, 11) is -3.48. The van der Waals surface area contributed by atoms with Gasteiger partial charge in [0.2, 0.25) is 21.8 Å². The number of hydrogen-bond donors (Lipinski definition) is 1. The lowest BCUT2D eigenvalue weighted by Gasteiger charge is -2.30. The van der Waals surface area contributed by atoms with E-state index in [2.05, 4.69) is 5.32 Å². The Morgan fingerprint density at radius 1 is 1.38 bits per heavy atom. The predicted molar refractivity (Wildman–Crippen MR) is 55.8 cm³/mol. The summed E-state index contributed by atoms with van der Waals surface area (Å²) in [5.41, 5.74) is 0. The van der Waals surface area contributed by atoms with Crippen molar-refractivity contribution in [3.8, 4) is 0 Å². The van der Waals surface area contributed by atoms with Crippen molar-refractivity contribution in [1.29, 1.82) is 0 Å². The zero-order valence-electron chi connectivity index (χ0n) is 8.97. The van der Waals surface area contributed by atoms with Crippen LogP contribution < -0.4 is 5.32 Å².